The summed E-state index contributed by atoms with van der Waals surface area (Å²) in [5.74, 6) is 1.69. The second kappa shape index (κ2) is 4.98. The Morgan fingerprint density at radius 2 is 2.25 bits per heavy atom. The van der Waals surface area contributed by atoms with Crippen molar-refractivity contribution in [3.05, 3.63) is 24.4 Å². The molecule has 1 aliphatic rings. The molecule has 0 bridgehead atoms. The average molecular weight is 311 g/mol. The highest BCUT2D eigenvalue weighted by atomic mass is 32.2. The summed E-state index contributed by atoms with van der Waals surface area (Å²) in [5, 5.41) is 0.699. The molecule has 1 atom stereocenters. The number of hydrogen-bond donors (Lipinski definition) is 2. The number of aromatic nitrogens is 1. The predicted molar refractivity (Wildman–Crippen MR) is 83.4 cm³/mol. The van der Waals surface area contributed by atoms with Crippen LogP contribution in [0.15, 0.2) is 29.3 Å². The van der Waals surface area contributed by atoms with Crippen LogP contribution in [0.1, 0.15) is 6.92 Å². The largest absolute Gasteiger partial charge is 0.399 e. The van der Waals surface area contributed by atoms with Gasteiger partial charge in [-0.2, -0.15) is 16.1 Å². The summed E-state index contributed by atoms with van der Waals surface area (Å²) < 4.78 is 27.2. The molecule has 1 aromatic heterocycles. The molecule has 3 N–H and O–H groups in total. The van der Waals surface area contributed by atoms with Gasteiger partial charge in [-0.05, 0) is 25.1 Å². The molecule has 0 amide bonds. The Bertz CT molecular complexity index is 739. The van der Waals surface area contributed by atoms with Crippen LogP contribution in [0.2, 0.25) is 0 Å². The average Bonchev–Trinajstić information content (AvgIpc) is 2.82. The molecule has 1 unspecified atom stereocenters. The normalized spacial score (nSPS) is 21.4. The topological polar surface area (TPSA) is 79.2 Å². The fourth-order valence-electron chi connectivity index (χ4n) is 2.53. The van der Waals surface area contributed by atoms with Crippen molar-refractivity contribution in [3.8, 4) is 0 Å². The Morgan fingerprint density at radius 3 is 3.00 bits per heavy atom. The van der Waals surface area contributed by atoms with Crippen LogP contribution >= 0.6 is 11.8 Å². The van der Waals surface area contributed by atoms with Crippen molar-refractivity contribution in [2.24, 2.45) is 0 Å². The number of hydrogen-bond acceptors (Lipinski definition) is 4. The van der Waals surface area contributed by atoms with E-state index in [4.69, 9.17) is 5.73 Å². The SMILES string of the molecule is CC1CSCCN1S(=O)(=O)c1c[nH]c2cc(N)ccc12. The highest BCUT2D eigenvalue weighted by Gasteiger charge is 2.32. The summed E-state index contributed by atoms with van der Waals surface area (Å²) in [6.07, 6.45) is 1.56. The number of thioether (sulfide) groups is 1. The quantitative estimate of drug-likeness (QED) is 0.830. The van der Waals surface area contributed by atoms with Gasteiger partial charge in [0.25, 0.3) is 0 Å². The number of aromatic amines is 1. The van der Waals surface area contributed by atoms with Gasteiger partial charge in [-0.15, -0.1) is 0 Å². The lowest BCUT2D eigenvalue weighted by Crippen LogP contribution is -2.44. The summed E-state index contributed by atoms with van der Waals surface area (Å²) in [6, 6.07) is 5.27. The number of H-pyrrole nitrogens is 1. The van der Waals surface area contributed by atoms with Crippen molar-refractivity contribution in [2.75, 3.05) is 23.8 Å². The molecule has 108 valence electrons. The third-order valence-corrected chi connectivity index (χ3v) is 6.80. The fourth-order valence-corrected chi connectivity index (χ4v) is 5.55. The van der Waals surface area contributed by atoms with Crippen LogP contribution in [0, 0.1) is 0 Å². The van der Waals surface area contributed by atoms with Crippen molar-refractivity contribution in [1.29, 1.82) is 0 Å². The molecular weight excluding hydrogens is 294 g/mol. The van der Waals surface area contributed by atoms with Crippen molar-refractivity contribution in [1.82, 2.24) is 9.29 Å². The van der Waals surface area contributed by atoms with Gasteiger partial charge in [0.1, 0.15) is 4.90 Å². The van der Waals surface area contributed by atoms with Gasteiger partial charge >= 0.3 is 0 Å². The number of anilines is 1. The monoisotopic (exact) mass is 311 g/mol. The molecular formula is C13H17N3O2S2. The van der Waals surface area contributed by atoms with Crippen molar-refractivity contribution in [3.63, 3.8) is 0 Å². The van der Waals surface area contributed by atoms with Gasteiger partial charge in [0.15, 0.2) is 0 Å². The number of nitrogens with one attached hydrogen (secondary N) is 1. The van der Waals surface area contributed by atoms with E-state index in [0.29, 0.717) is 22.5 Å². The Labute approximate surface area is 122 Å². The van der Waals surface area contributed by atoms with E-state index in [-0.39, 0.29) is 6.04 Å². The number of sulfonamides is 1. The maximum absolute atomic E-state index is 12.8. The van der Waals surface area contributed by atoms with Gasteiger partial charge < -0.3 is 10.7 Å². The van der Waals surface area contributed by atoms with E-state index in [0.717, 1.165) is 17.0 Å². The molecule has 1 fully saturated rings. The molecule has 0 saturated carbocycles. The summed E-state index contributed by atoms with van der Waals surface area (Å²) in [4.78, 5) is 3.34. The van der Waals surface area contributed by atoms with E-state index in [1.165, 1.54) is 0 Å². The van der Waals surface area contributed by atoms with Gasteiger partial charge in [0.05, 0.1) is 0 Å². The van der Waals surface area contributed by atoms with E-state index in [2.05, 4.69) is 4.98 Å². The smallest absolute Gasteiger partial charge is 0.245 e. The van der Waals surface area contributed by atoms with Crippen LogP contribution in [-0.2, 0) is 10.0 Å². The molecule has 5 nitrogen and oxygen atoms in total. The Kier molecular flexibility index (Phi) is 3.43. The van der Waals surface area contributed by atoms with Gasteiger partial charge in [-0.3, -0.25) is 0 Å². The van der Waals surface area contributed by atoms with E-state index < -0.39 is 10.0 Å². The van der Waals surface area contributed by atoms with Crippen LogP contribution in [0.3, 0.4) is 0 Å². The van der Waals surface area contributed by atoms with Crippen LogP contribution < -0.4 is 5.73 Å². The van der Waals surface area contributed by atoms with E-state index >= 15 is 0 Å². The van der Waals surface area contributed by atoms with E-state index in [1.54, 1.807) is 40.5 Å². The van der Waals surface area contributed by atoms with Gasteiger partial charge in [-0.1, -0.05) is 0 Å². The van der Waals surface area contributed by atoms with Crippen molar-refractivity contribution in [2.45, 2.75) is 17.9 Å². The molecule has 0 spiro atoms. The fraction of sp³-hybridized carbons (Fsp3) is 0.385. The van der Waals surface area contributed by atoms with E-state index in [9.17, 15) is 8.42 Å². The minimum absolute atomic E-state index is 0.0254. The van der Waals surface area contributed by atoms with Gasteiger partial charge in [-0.25, -0.2) is 8.42 Å². The van der Waals surface area contributed by atoms with Gasteiger partial charge in [0.2, 0.25) is 10.0 Å². The number of nitrogens with zero attached hydrogens (tertiary/aromatic N) is 1. The highest BCUT2D eigenvalue weighted by Crippen LogP contribution is 2.30. The molecule has 2 heterocycles. The molecule has 1 aliphatic heterocycles. The number of nitrogen functional groups attached to an aromatic ring is 1. The maximum atomic E-state index is 12.8. The summed E-state index contributed by atoms with van der Waals surface area (Å²) in [7, 11) is -3.46. The Hall–Kier alpha value is -1.18. The van der Waals surface area contributed by atoms with Crippen molar-refractivity contribution >= 4 is 38.4 Å². The third kappa shape index (κ3) is 2.19. The minimum atomic E-state index is -3.46. The lowest BCUT2D eigenvalue weighted by Gasteiger charge is -2.31. The number of rotatable bonds is 2. The summed E-state index contributed by atoms with van der Waals surface area (Å²) >= 11 is 1.80. The summed E-state index contributed by atoms with van der Waals surface area (Å²) in [6.45, 7) is 2.52. The first-order valence-electron chi connectivity index (χ1n) is 6.46. The van der Waals surface area contributed by atoms with Gasteiger partial charge in [0, 0.05) is 46.9 Å². The highest BCUT2D eigenvalue weighted by molar-refractivity contribution is 7.99. The number of nitrogens with two attached hydrogens (primary N) is 1. The minimum Gasteiger partial charge on any atom is -0.399 e. The lowest BCUT2D eigenvalue weighted by molar-refractivity contribution is 0.368. The molecule has 0 aliphatic carbocycles. The zero-order chi connectivity index (χ0) is 14.3. The zero-order valence-electron chi connectivity index (χ0n) is 11.2. The van der Waals surface area contributed by atoms with Crippen LogP contribution in [0.4, 0.5) is 5.69 Å². The molecule has 7 heteroatoms. The molecule has 3 rings (SSSR count). The molecule has 20 heavy (non-hydrogen) atoms. The zero-order valence-corrected chi connectivity index (χ0v) is 12.8. The first-order valence-corrected chi connectivity index (χ1v) is 9.06. The standard InChI is InChI=1S/C13H17N3O2S2/c1-9-8-19-5-4-16(9)20(17,18)13-7-15-12-6-10(14)2-3-11(12)13/h2-3,6-7,9,15H,4-5,8,14H2,1H3. The first kappa shape index (κ1) is 13.8. The maximum Gasteiger partial charge on any atom is 0.245 e. The molecule has 1 aromatic carbocycles. The van der Waals surface area contributed by atoms with E-state index in [1.807, 2.05) is 6.92 Å². The molecule has 2 aromatic rings. The summed E-state index contributed by atoms with van der Waals surface area (Å²) in [5.41, 5.74) is 7.09. The number of fused-ring (bicyclic) bond motifs is 1. The second-order valence-electron chi connectivity index (χ2n) is 5.00. The predicted octanol–water partition coefficient (Wildman–Crippen LogP) is 1.88. The molecule has 1 saturated heterocycles. The van der Waals surface area contributed by atoms with Crippen molar-refractivity contribution < 1.29 is 8.42 Å². The Morgan fingerprint density at radius 1 is 1.45 bits per heavy atom. The Balaban J connectivity index is 2.09. The van der Waals surface area contributed by atoms with Crippen LogP contribution in [-0.4, -0.2) is 41.8 Å². The molecule has 0 radical (unpaired) electrons. The van der Waals surface area contributed by atoms with Crippen LogP contribution in [0.5, 0.6) is 0 Å². The second-order valence-corrected chi connectivity index (χ2v) is 8.01. The lowest BCUT2D eigenvalue weighted by atomic mass is 10.2. The number of benzene rings is 1. The third-order valence-electron chi connectivity index (χ3n) is 3.56. The first-order chi connectivity index (χ1) is 9.50. The van der Waals surface area contributed by atoms with Crippen LogP contribution in [0.25, 0.3) is 10.9 Å².